The van der Waals surface area contributed by atoms with E-state index in [1.54, 1.807) is 18.2 Å². The topological polar surface area (TPSA) is 51.0 Å². The lowest BCUT2D eigenvalue weighted by Crippen LogP contribution is -2.18. The number of rotatable bonds is 6. The standard InChI is InChI=1S/C31H27NO3/c1-3-34-23-18-16-22(17-19-23)31-26(20-32-27-13-7-8-14-28(27)33)30(24-11-5-4-10-21(24)2)25-12-6-9-15-29(25)35-31/h4-20,30,33H,3H2,1-2H3/t30-/m1/s1. The molecule has 0 spiro atoms. The number of nitrogens with zero attached hydrogens (tertiary/aromatic N) is 1. The molecular formula is C31H27NO3. The van der Waals surface area contributed by atoms with Gasteiger partial charge in [-0.3, -0.25) is 4.99 Å². The predicted octanol–water partition coefficient (Wildman–Crippen LogP) is 7.44. The largest absolute Gasteiger partial charge is 0.506 e. The number of hydrogen-bond donors (Lipinski definition) is 1. The lowest BCUT2D eigenvalue weighted by molar-refractivity contribution is 0.340. The van der Waals surface area contributed by atoms with Crippen LogP contribution in [-0.4, -0.2) is 17.9 Å². The summed E-state index contributed by atoms with van der Waals surface area (Å²) in [5.74, 6) is 2.42. The fourth-order valence-electron chi connectivity index (χ4n) is 4.47. The molecule has 1 aliphatic heterocycles. The van der Waals surface area contributed by atoms with Crippen molar-refractivity contribution in [1.82, 2.24) is 0 Å². The molecule has 0 saturated heterocycles. The number of benzene rings is 4. The minimum absolute atomic E-state index is 0.0858. The zero-order valence-electron chi connectivity index (χ0n) is 19.8. The molecule has 0 aliphatic carbocycles. The minimum atomic E-state index is -0.0858. The van der Waals surface area contributed by atoms with Crippen LogP contribution in [-0.2, 0) is 0 Å². The molecule has 0 aromatic heterocycles. The number of hydrogen-bond acceptors (Lipinski definition) is 4. The van der Waals surface area contributed by atoms with Gasteiger partial charge in [-0.25, -0.2) is 0 Å². The summed E-state index contributed by atoms with van der Waals surface area (Å²) in [6.07, 6.45) is 1.83. The molecule has 5 rings (SSSR count). The summed E-state index contributed by atoms with van der Waals surface area (Å²) in [4.78, 5) is 4.69. The number of para-hydroxylation sites is 3. The first-order valence-electron chi connectivity index (χ1n) is 11.8. The summed E-state index contributed by atoms with van der Waals surface area (Å²) >= 11 is 0. The molecule has 35 heavy (non-hydrogen) atoms. The van der Waals surface area contributed by atoms with Crippen LogP contribution in [0.4, 0.5) is 5.69 Å². The van der Waals surface area contributed by atoms with Gasteiger partial charge in [0, 0.05) is 28.8 Å². The van der Waals surface area contributed by atoms with Gasteiger partial charge in [0.2, 0.25) is 0 Å². The number of phenolic OH excluding ortho intramolecular Hbond substituents is 1. The van der Waals surface area contributed by atoms with Gasteiger partial charge in [0.05, 0.1) is 6.61 Å². The Balaban J connectivity index is 1.73. The third-order valence-electron chi connectivity index (χ3n) is 6.17. The summed E-state index contributed by atoms with van der Waals surface area (Å²) in [7, 11) is 0. The Morgan fingerprint density at radius 2 is 1.54 bits per heavy atom. The lowest BCUT2D eigenvalue weighted by atomic mass is 9.80. The second-order valence-electron chi connectivity index (χ2n) is 8.42. The zero-order chi connectivity index (χ0) is 24.2. The van der Waals surface area contributed by atoms with Crippen molar-refractivity contribution < 1.29 is 14.6 Å². The molecule has 0 bridgehead atoms. The summed E-state index contributed by atoms with van der Waals surface area (Å²) < 4.78 is 12.2. The highest BCUT2D eigenvalue weighted by atomic mass is 16.5. The molecule has 4 aromatic rings. The number of ether oxygens (including phenoxy) is 2. The molecule has 0 amide bonds. The van der Waals surface area contributed by atoms with E-state index >= 15 is 0 Å². The van der Waals surface area contributed by atoms with Gasteiger partial charge in [-0.05, 0) is 67.4 Å². The van der Waals surface area contributed by atoms with Crippen molar-refractivity contribution >= 4 is 17.7 Å². The van der Waals surface area contributed by atoms with Gasteiger partial charge < -0.3 is 14.6 Å². The Bertz CT molecular complexity index is 1400. The fraction of sp³-hybridized carbons (Fsp3) is 0.129. The van der Waals surface area contributed by atoms with Gasteiger partial charge in [0.1, 0.15) is 28.7 Å². The van der Waals surface area contributed by atoms with Gasteiger partial charge in [-0.15, -0.1) is 0 Å². The highest BCUT2D eigenvalue weighted by molar-refractivity contribution is 5.95. The van der Waals surface area contributed by atoms with Crippen LogP contribution in [0.2, 0.25) is 0 Å². The first kappa shape index (κ1) is 22.5. The molecule has 0 saturated carbocycles. The van der Waals surface area contributed by atoms with Crippen LogP contribution in [0, 0.1) is 6.92 Å². The van der Waals surface area contributed by atoms with E-state index in [9.17, 15) is 5.11 Å². The summed E-state index contributed by atoms with van der Waals surface area (Å²) in [5, 5.41) is 10.3. The first-order valence-corrected chi connectivity index (χ1v) is 11.8. The second kappa shape index (κ2) is 9.90. The maximum absolute atomic E-state index is 10.3. The van der Waals surface area contributed by atoms with Crippen molar-refractivity contribution in [3.8, 4) is 17.2 Å². The predicted molar refractivity (Wildman–Crippen MR) is 141 cm³/mol. The van der Waals surface area contributed by atoms with E-state index in [0.29, 0.717) is 12.3 Å². The van der Waals surface area contributed by atoms with E-state index in [-0.39, 0.29) is 11.7 Å². The van der Waals surface area contributed by atoms with Crippen molar-refractivity contribution in [3.05, 3.63) is 125 Å². The van der Waals surface area contributed by atoms with Crippen LogP contribution in [0.15, 0.2) is 108 Å². The number of allylic oxidation sites excluding steroid dienone is 1. The number of fused-ring (bicyclic) bond motifs is 1. The molecule has 1 atom stereocenters. The maximum Gasteiger partial charge on any atom is 0.141 e. The zero-order valence-corrected chi connectivity index (χ0v) is 19.8. The van der Waals surface area contributed by atoms with Gasteiger partial charge in [-0.1, -0.05) is 54.6 Å². The van der Waals surface area contributed by atoms with Gasteiger partial charge in [0.25, 0.3) is 0 Å². The molecule has 174 valence electrons. The quantitative estimate of drug-likeness (QED) is 0.304. The molecule has 0 radical (unpaired) electrons. The number of aromatic hydroxyl groups is 1. The average molecular weight is 462 g/mol. The lowest BCUT2D eigenvalue weighted by Gasteiger charge is -2.30. The van der Waals surface area contributed by atoms with E-state index in [0.717, 1.165) is 34.0 Å². The Morgan fingerprint density at radius 1 is 0.857 bits per heavy atom. The number of phenols is 1. The third-order valence-corrected chi connectivity index (χ3v) is 6.17. The maximum atomic E-state index is 10.3. The van der Waals surface area contributed by atoms with E-state index in [2.05, 4.69) is 37.3 Å². The number of aliphatic imine (C=N–C) groups is 1. The van der Waals surface area contributed by atoms with Crippen molar-refractivity contribution in [2.75, 3.05) is 6.61 Å². The Morgan fingerprint density at radius 3 is 2.29 bits per heavy atom. The SMILES string of the molecule is CCOc1ccc(C2=C(C=Nc3ccccc3O)[C@H](c3ccccc3C)c3ccccc3O2)cc1. The van der Waals surface area contributed by atoms with Gasteiger partial charge >= 0.3 is 0 Å². The fourth-order valence-corrected chi connectivity index (χ4v) is 4.47. The molecule has 0 fully saturated rings. The van der Waals surface area contributed by atoms with Crippen molar-refractivity contribution in [3.63, 3.8) is 0 Å². The average Bonchev–Trinajstić information content (AvgIpc) is 2.89. The van der Waals surface area contributed by atoms with Crippen LogP contribution >= 0.6 is 0 Å². The third kappa shape index (κ3) is 4.56. The highest BCUT2D eigenvalue weighted by Gasteiger charge is 2.31. The van der Waals surface area contributed by atoms with Crippen molar-refractivity contribution in [1.29, 1.82) is 0 Å². The Kier molecular flexibility index (Phi) is 6.36. The van der Waals surface area contributed by atoms with Crippen LogP contribution in [0.5, 0.6) is 17.2 Å². The first-order chi connectivity index (χ1) is 17.2. The molecule has 1 heterocycles. The Hall–Kier alpha value is -4.31. The van der Waals surface area contributed by atoms with Gasteiger partial charge in [0.15, 0.2) is 0 Å². The Labute approximate surface area is 205 Å². The monoisotopic (exact) mass is 461 g/mol. The van der Waals surface area contributed by atoms with E-state index in [1.165, 1.54) is 11.1 Å². The molecule has 1 aliphatic rings. The van der Waals surface area contributed by atoms with Gasteiger partial charge in [-0.2, -0.15) is 0 Å². The second-order valence-corrected chi connectivity index (χ2v) is 8.42. The van der Waals surface area contributed by atoms with Crippen LogP contribution < -0.4 is 9.47 Å². The van der Waals surface area contributed by atoms with E-state index in [1.807, 2.05) is 61.7 Å². The summed E-state index contributed by atoms with van der Waals surface area (Å²) in [6, 6.07) is 31.6. The van der Waals surface area contributed by atoms with Crippen molar-refractivity contribution in [2.24, 2.45) is 4.99 Å². The van der Waals surface area contributed by atoms with Crippen LogP contribution in [0.1, 0.15) is 35.1 Å². The number of aryl methyl sites for hydroxylation is 1. The summed E-state index contributed by atoms with van der Waals surface area (Å²) in [5.41, 5.74) is 5.81. The van der Waals surface area contributed by atoms with Crippen molar-refractivity contribution in [2.45, 2.75) is 19.8 Å². The minimum Gasteiger partial charge on any atom is -0.506 e. The molecule has 4 aromatic carbocycles. The molecule has 0 unspecified atom stereocenters. The van der Waals surface area contributed by atoms with Crippen LogP contribution in [0.3, 0.4) is 0 Å². The molecule has 4 nitrogen and oxygen atoms in total. The summed E-state index contributed by atoms with van der Waals surface area (Å²) in [6.45, 7) is 4.71. The molecular weight excluding hydrogens is 434 g/mol. The molecule has 1 N–H and O–H groups in total. The van der Waals surface area contributed by atoms with E-state index < -0.39 is 0 Å². The normalized spacial score (nSPS) is 15.1. The smallest absolute Gasteiger partial charge is 0.141 e. The van der Waals surface area contributed by atoms with Crippen LogP contribution in [0.25, 0.3) is 5.76 Å². The molecule has 4 heteroatoms. The highest BCUT2D eigenvalue weighted by Crippen LogP contribution is 2.46. The van der Waals surface area contributed by atoms with E-state index in [4.69, 9.17) is 14.5 Å².